The molecule has 0 saturated heterocycles. The van der Waals surface area contributed by atoms with Crippen LogP contribution in [0.5, 0.6) is 0 Å². The summed E-state index contributed by atoms with van der Waals surface area (Å²) in [5.41, 5.74) is 4.96. The number of aromatic nitrogens is 2. The fourth-order valence-corrected chi connectivity index (χ4v) is 5.26. The van der Waals surface area contributed by atoms with E-state index in [4.69, 9.17) is 0 Å². The van der Waals surface area contributed by atoms with Crippen molar-refractivity contribution in [3.63, 3.8) is 0 Å². The van der Waals surface area contributed by atoms with Crippen LogP contribution < -0.4 is 22.3 Å². The number of benzene rings is 1. The number of carbonyl (C=O) groups is 1. The molecule has 1 aliphatic carbocycles. The van der Waals surface area contributed by atoms with Crippen molar-refractivity contribution in [3.8, 4) is 0 Å². The Labute approximate surface area is 171 Å². The highest BCUT2D eigenvalue weighted by atomic mass is 32.1. The maximum Gasteiger partial charge on any atom is 0.332 e. The Morgan fingerprint density at radius 1 is 1.10 bits per heavy atom. The Bertz CT molecular complexity index is 1160. The third-order valence-corrected chi connectivity index (χ3v) is 6.62. The number of hydrogen-bond acceptors (Lipinski definition) is 4. The predicted molar refractivity (Wildman–Crippen MR) is 113 cm³/mol. The minimum atomic E-state index is -0.435. The molecule has 2 aromatic heterocycles. The first-order valence-corrected chi connectivity index (χ1v) is 10.8. The van der Waals surface area contributed by atoms with E-state index in [2.05, 4.69) is 11.1 Å². The van der Waals surface area contributed by atoms with Crippen LogP contribution in [-0.4, -0.2) is 28.1 Å². The van der Waals surface area contributed by atoms with E-state index in [0.29, 0.717) is 25.0 Å². The molecule has 0 saturated carbocycles. The number of fused-ring (bicyclic) bond motifs is 3. The van der Waals surface area contributed by atoms with Crippen LogP contribution in [-0.2, 0) is 30.7 Å². The molecule has 2 heterocycles. The van der Waals surface area contributed by atoms with Gasteiger partial charge in [0.1, 0.15) is 11.4 Å². The monoisotopic (exact) mass is 413 g/mol. The first kappa shape index (κ1) is 19.6. The molecule has 1 amide bonds. The van der Waals surface area contributed by atoms with E-state index in [1.165, 1.54) is 4.88 Å². The van der Waals surface area contributed by atoms with E-state index in [9.17, 15) is 14.4 Å². The zero-order valence-corrected chi connectivity index (χ0v) is 17.1. The molecular formula is C21H25N4O3S+. The van der Waals surface area contributed by atoms with E-state index in [1.807, 2.05) is 30.3 Å². The molecule has 4 rings (SSSR count). The van der Waals surface area contributed by atoms with Gasteiger partial charge in [-0.25, -0.2) is 4.79 Å². The summed E-state index contributed by atoms with van der Waals surface area (Å²) in [4.78, 5) is 40.7. The van der Waals surface area contributed by atoms with Crippen molar-refractivity contribution >= 4 is 27.5 Å². The highest BCUT2D eigenvalue weighted by Gasteiger charge is 2.24. The highest BCUT2D eigenvalue weighted by molar-refractivity contribution is 7.18. The Morgan fingerprint density at radius 2 is 1.86 bits per heavy atom. The van der Waals surface area contributed by atoms with Gasteiger partial charge in [0, 0.05) is 4.88 Å². The smallest absolute Gasteiger partial charge is 0.332 e. The first-order chi connectivity index (χ1) is 14.1. The van der Waals surface area contributed by atoms with Gasteiger partial charge < -0.3 is 11.1 Å². The number of hydrogen-bond donors (Lipinski definition) is 2. The number of nitrogens with one attached hydrogen (secondary N) is 1. The predicted octanol–water partition coefficient (Wildman–Crippen LogP) is 0.510. The second kappa shape index (κ2) is 8.34. The second-order valence-electron chi connectivity index (χ2n) is 7.34. The van der Waals surface area contributed by atoms with Gasteiger partial charge >= 0.3 is 5.69 Å². The Morgan fingerprint density at radius 3 is 2.62 bits per heavy atom. The van der Waals surface area contributed by atoms with Crippen molar-refractivity contribution in [2.75, 3.05) is 13.1 Å². The zero-order chi connectivity index (χ0) is 20.4. The molecule has 29 heavy (non-hydrogen) atoms. The van der Waals surface area contributed by atoms with E-state index < -0.39 is 5.69 Å². The van der Waals surface area contributed by atoms with E-state index in [0.717, 1.165) is 46.2 Å². The molecule has 1 aliphatic rings. The van der Waals surface area contributed by atoms with Crippen LogP contribution in [0, 0.1) is 0 Å². The molecule has 0 radical (unpaired) electrons. The van der Waals surface area contributed by atoms with E-state index >= 15 is 0 Å². The minimum Gasteiger partial charge on any atom is -0.356 e. The number of quaternary nitrogens is 1. The van der Waals surface area contributed by atoms with Crippen LogP contribution in [0.25, 0.3) is 10.2 Å². The van der Waals surface area contributed by atoms with Crippen molar-refractivity contribution in [2.45, 2.75) is 38.8 Å². The Hall–Kier alpha value is -2.71. The quantitative estimate of drug-likeness (QED) is 0.616. The number of amides is 1. The number of nitrogens with zero attached hydrogens (tertiary/aromatic N) is 2. The first-order valence-electron chi connectivity index (χ1n) is 9.98. The number of carbonyl (C=O) groups excluding carboxylic acids is 1. The zero-order valence-electron chi connectivity index (χ0n) is 16.3. The van der Waals surface area contributed by atoms with Crippen LogP contribution in [0.15, 0.2) is 39.9 Å². The molecule has 3 aromatic rings. The van der Waals surface area contributed by atoms with Crippen LogP contribution in [0.1, 0.15) is 28.8 Å². The second-order valence-corrected chi connectivity index (χ2v) is 8.42. The molecule has 1 aromatic carbocycles. The molecule has 0 fully saturated rings. The molecule has 8 heteroatoms. The highest BCUT2D eigenvalue weighted by Crippen LogP contribution is 2.34. The molecule has 0 unspecified atom stereocenters. The van der Waals surface area contributed by atoms with Gasteiger partial charge in [0.15, 0.2) is 0 Å². The fraction of sp³-hybridized carbons (Fsp3) is 0.381. The summed E-state index contributed by atoms with van der Waals surface area (Å²) in [6.07, 6.45) is 3.93. The maximum atomic E-state index is 13.3. The van der Waals surface area contributed by atoms with Crippen LogP contribution in [0.2, 0.25) is 0 Å². The van der Waals surface area contributed by atoms with Gasteiger partial charge in [0.2, 0.25) is 5.91 Å². The summed E-state index contributed by atoms with van der Waals surface area (Å²) in [7, 11) is 0. The van der Waals surface area contributed by atoms with E-state index in [1.54, 1.807) is 15.9 Å². The van der Waals surface area contributed by atoms with Crippen LogP contribution >= 0.6 is 11.3 Å². The van der Waals surface area contributed by atoms with Crippen LogP contribution in [0.3, 0.4) is 0 Å². The Kier molecular flexibility index (Phi) is 5.64. The van der Waals surface area contributed by atoms with Crippen molar-refractivity contribution in [2.24, 2.45) is 0 Å². The molecule has 4 N–H and O–H groups in total. The molecule has 0 aliphatic heterocycles. The maximum absolute atomic E-state index is 13.3. The fourth-order valence-electron chi connectivity index (χ4n) is 3.89. The van der Waals surface area contributed by atoms with Crippen molar-refractivity contribution < 1.29 is 10.5 Å². The van der Waals surface area contributed by atoms with Gasteiger partial charge in [-0.3, -0.25) is 18.7 Å². The SMILES string of the molecule is [NH3+]CCNC(=O)Cn1c(=O)c2c3c(sc2n(Cc2ccccc2)c1=O)CCCC3. The Balaban J connectivity index is 1.89. The van der Waals surface area contributed by atoms with Gasteiger partial charge in [-0.2, -0.15) is 0 Å². The average molecular weight is 414 g/mol. The lowest BCUT2D eigenvalue weighted by atomic mass is 9.97. The van der Waals surface area contributed by atoms with E-state index in [-0.39, 0.29) is 18.0 Å². The third kappa shape index (κ3) is 3.77. The lowest BCUT2D eigenvalue weighted by Crippen LogP contribution is -2.55. The minimum absolute atomic E-state index is 0.271. The number of rotatable bonds is 6. The summed E-state index contributed by atoms with van der Waals surface area (Å²) in [5.74, 6) is -0.345. The van der Waals surface area contributed by atoms with Crippen molar-refractivity contribution in [1.29, 1.82) is 0 Å². The summed E-state index contributed by atoms with van der Waals surface area (Å²) >= 11 is 1.56. The third-order valence-electron chi connectivity index (χ3n) is 5.30. The number of aryl methyl sites for hydroxylation is 2. The van der Waals surface area contributed by atoms with Gasteiger partial charge in [-0.05, 0) is 36.8 Å². The lowest BCUT2D eigenvalue weighted by Gasteiger charge is -2.13. The normalized spacial score (nSPS) is 13.4. The summed E-state index contributed by atoms with van der Waals surface area (Å²) in [5, 5.41) is 3.32. The average Bonchev–Trinajstić information content (AvgIpc) is 3.13. The molecule has 0 spiro atoms. The number of thiophene rings is 1. The molecular weight excluding hydrogens is 388 g/mol. The van der Waals surface area contributed by atoms with Gasteiger partial charge in [0.25, 0.3) is 5.56 Å². The molecule has 7 nitrogen and oxygen atoms in total. The molecule has 0 atom stereocenters. The lowest BCUT2D eigenvalue weighted by molar-refractivity contribution is -0.364. The van der Waals surface area contributed by atoms with Gasteiger partial charge in [0.05, 0.1) is 25.0 Å². The standard InChI is InChI=1S/C21H24N4O3S/c22-10-11-23-17(26)13-24-19(27)18-15-8-4-5-9-16(15)29-20(18)25(21(24)28)12-14-6-2-1-3-7-14/h1-3,6-7H,4-5,8-13,22H2,(H,23,26)/p+1. The van der Waals surface area contributed by atoms with Crippen LogP contribution in [0.4, 0.5) is 0 Å². The van der Waals surface area contributed by atoms with Crippen molar-refractivity contribution in [3.05, 3.63) is 67.2 Å². The largest absolute Gasteiger partial charge is 0.356 e. The van der Waals surface area contributed by atoms with Crippen molar-refractivity contribution in [1.82, 2.24) is 14.5 Å². The summed E-state index contributed by atoms with van der Waals surface area (Å²) in [6, 6.07) is 9.71. The van der Waals surface area contributed by atoms with Gasteiger partial charge in [-0.1, -0.05) is 30.3 Å². The summed E-state index contributed by atoms with van der Waals surface area (Å²) < 4.78 is 2.75. The molecule has 152 valence electrons. The van der Waals surface area contributed by atoms with Gasteiger partial charge in [-0.15, -0.1) is 11.3 Å². The molecule has 0 bridgehead atoms. The topological polar surface area (TPSA) is 101 Å². The summed E-state index contributed by atoms with van der Waals surface area (Å²) in [6.45, 7) is 1.07.